The second kappa shape index (κ2) is 8.89. The quantitative estimate of drug-likeness (QED) is 0.533. The summed E-state index contributed by atoms with van der Waals surface area (Å²) in [7, 11) is 1.91. The molecule has 7 heteroatoms. The second-order valence-electron chi connectivity index (χ2n) is 6.34. The first-order valence-corrected chi connectivity index (χ1v) is 9.45. The molecule has 0 aliphatic rings. The molecular weight excluding hydrogens is 378 g/mol. The van der Waals surface area contributed by atoms with Crippen LogP contribution < -0.4 is 9.64 Å². The molecule has 0 aliphatic heterocycles. The van der Waals surface area contributed by atoms with Crippen LogP contribution in [0.2, 0.25) is 5.02 Å². The van der Waals surface area contributed by atoms with Crippen LogP contribution in [0.3, 0.4) is 0 Å². The van der Waals surface area contributed by atoms with Gasteiger partial charge in [-0.25, -0.2) is 9.78 Å². The molecule has 0 saturated carbocycles. The molecule has 0 N–H and O–H groups in total. The first kappa shape index (κ1) is 19.9. The highest BCUT2D eigenvalue weighted by Gasteiger charge is 2.16. The van der Waals surface area contributed by atoms with Gasteiger partial charge in [-0.1, -0.05) is 18.5 Å². The number of halogens is 1. The van der Waals surface area contributed by atoms with Gasteiger partial charge in [0.05, 0.1) is 23.8 Å². The zero-order valence-electron chi connectivity index (χ0n) is 16.1. The van der Waals surface area contributed by atoms with Crippen molar-refractivity contribution in [2.24, 2.45) is 0 Å². The molecule has 0 amide bonds. The summed E-state index contributed by atoms with van der Waals surface area (Å²) in [6.45, 7) is 4.02. The Hall–Kier alpha value is -2.86. The SMILES string of the molecule is CCCOC(=O)C(C)Oc1ccc(N(C)c2cnc3cc(Cl)ccc3n2)cc1. The molecule has 28 heavy (non-hydrogen) atoms. The van der Waals surface area contributed by atoms with Crippen LogP contribution in [0.15, 0.2) is 48.7 Å². The summed E-state index contributed by atoms with van der Waals surface area (Å²) in [5.74, 6) is 0.937. The van der Waals surface area contributed by atoms with Crippen molar-refractivity contribution in [1.29, 1.82) is 0 Å². The Morgan fingerprint density at radius 3 is 2.64 bits per heavy atom. The van der Waals surface area contributed by atoms with Gasteiger partial charge < -0.3 is 14.4 Å². The van der Waals surface area contributed by atoms with Crippen molar-refractivity contribution in [3.8, 4) is 5.75 Å². The van der Waals surface area contributed by atoms with Crippen LogP contribution in [0.25, 0.3) is 11.0 Å². The molecule has 2 aromatic carbocycles. The molecule has 0 saturated heterocycles. The van der Waals surface area contributed by atoms with Crippen LogP contribution in [0.4, 0.5) is 11.5 Å². The van der Waals surface area contributed by atoms with Crippen molar-refractivity contribution in [1.82, 2.24) is 9.97 Å². The molecule has 0 bridgehead atoms. The molecule has 6 nitrogen and oxygen atoms in total. The molecule has 1 heterocycles. The average Bonchev–Trinajstić information content (AvgIpc) is 2.71. The number of carbonyl (C=O) groups is 1. The summed E-state index contributed by atoms with van der Waals surface area (Å²) in [5, 5.41) is 0.631. The first-order chi connectivity index (χ1) is 13.5. The molecule has 1 atom stereocenters. The van der Waals surface area contributed by atoms with Crippen molar-refractivity contribution >= 4 is 40.1 Å². The van der Waals surface area contributed by atoms with E-state index in [0.717, 1.165) is 23.1 Å². The third kappa shape index (κ3) is 4.70. The van der Waals surface area contributed by atoms with Crippen molar-refractivity contribution in [3.63, 3.8) is 0 Å². The lowest BCUT2D eigenvalue weighted by molar-refractivity contribution is -0.151. The van der Waals surface area contributed by atoms with E-state index in [0.29, 0.717) is 23.2 Å². The van der Waals surface area contributed by atoms with E-state index in [1.165, 1.54) is 0 Å². The molecule has 3 rings (SSSR count). The predicted octanol–water partition coefficient (Wildman–Crippen LogP) is 4.77. The van der Waals surface area contributed by atoms with Gasteiger partial charge in [0, 0.05) is 17.8 Å². The van der Waals surface area contributed by atoms with Gasteiger partial charge in [-0.3, -0.25) is 4.98 Å². The number of esters is 1. The minimum atomic E-state index is -0.659. The summed E-state index contributed by atoms with van der Waals surface area (Å²) in [6.07, 6.45) is 1.83. The zero-order valence-corrected chi connectivity index (χ0v) is 16.8. The highest BCUT2D eigenvalue weighted by molar-refractivity contribution is 6.31. The lowest BCUT2D eigenvalue weighted by atomic mass is 10.2. The van der Waals surface area contributed by atoms with Crippen molar-refractivity contribution in [2.45, 2.75) is 26.4 Å². The normalized spacial score (nSPS) is 11.9. The number of fused-ring (bicyclic) bond motifs is 1. The van der Waals surface area contributed by atoms with Gasteiger partial charge in [-0.15, -0.1) is 0 Å². The van der Waals surface area contributed by atoms with Crippen molar-refractivity contribution in [3.05, 3.63) is 53.7 Å². The van der Waals surface area contributed by atoms with Gasteiger partial charge in [0.2, 0.25) is 0 Å². The Bertz CT molecular complexity index is 963. The number of ether oxygens (including phenoxy) is 2. The maximum atomic E-state index is 11.8. The summed E-state index contributed by atoms with van der Waals surface area (Å²) in [6, 6.07) is 12.8. The van der Waals surface area contributed by atoms with Gasteiger partial charge in [0.15, 0.2) is 11.9 Å². The monoisotopic (exact) mass is 399 g/mol. The third-order valence-electron chi connectivity index (χ3n) is 4.15. The number of nitrogens with zero attached hydrogens (tertiary/aromatic N) is 3. The molecule has 0 radical (unpaired) electrons. The summed E-state index contributed by atoms with van der Waals surface area (Å²) in [4.78, 5) is 22.8. The molecule has 0 aliphatic carbocycles. The molecule has 3 aromatic rings. The maximum Gasteiger partial charge on any atom is 0.347 e. The Morgan fingerprint density at radius 1 is 1.18 bits per heavy atom. The first-order valence-electron chi connectivity index (χ1n) is 9.07. The van der Waals surface area contributed by atoms with E-state index in [-0.39, 0.29) is 5.97 Å². The van der Waals surface area contributed by atoms with Crippen LogP contribution in [-0.4, -0.2) is 35.7 Å². The minimum Gasteiger partial charge on any atom is -0.479 e. The van der Waals surface area contributed by atoms with E-state index in [2.05, 4.69) is 9.97 Å². The number of hydrogen-bond donors (Lipinski definition) is 0. The van der Waals surface area contributed by atoms with E-state index in [1.54, 1.807) is 25.3 Å². The van der Waals surface area contributed by atoms with Gasteiger partial charge in [-0.2, -0.15) is 0 Å². The Morgan fingerprint density at radius 2 is 1.93 bits per heavy atom. The number of benzene rings is 2. The lowest BCUT2D eigenvalue weighted by Gasteiger charge is -2.19. The van der Waals surface area contributed by atoms with Crippen molar-refractivity contribution < 1.29 is 14.3 Å². The summed E-state index contributed by atoms with van der Waals surface area (Å²) in [5.41, 5.74) is 2.43. The Kier molecular flexibility index (Phi) is 6.31. The number of carbonyl (C=O) groups excluding carboxylic acids is 1. The summed E-state index contributed by atoms with van der Waals surface area (Å²) < 4.78 is 10.7. The number of aromatic nitrogens is 2. The van der Waals surface area contributed by atoms with E-state index in [4.69, 9.17) is 21.1 Å². The Labute approximate surface area is 169 Å². The van der Waals surface area contributed by atoms with Crippen LogP contribution in [0, 0.1) is 0 Å². The van der Waals surface area contributed by atoms with Crippen LogP contribution in [0.1, 0.15) is 20.3 Å². The van der Waals surface area contributed by atoms with E-state index in [1.807, 2.05) is 49.2 Å². The smallest absolute Gasteiger partial charge is 0.347 e. The zero-order chi connectivity index (χ0) is 20.1. The fourth-order valence-corrected chi connectivity index (χ4v) is 2.75. The summed E-state index contributed by atoms with van der Waals surface area (Å²) >= 11 is 5.99. The van der Waals surface area contributed by atoms with Crippen LogP contribution >= 0.6 is 11.6 Å². The molecule has 146 valence electrons. The predicted molar refractivity (Wildman–Crippen MR) is 110 cm³/mol. The third-order valence-corrected chi connectivity index (χ3v) is 4.39. The van der Waals surface area contributed by atoms with E-state index in [9.17, 15) is 4.79 Å². The van der Waals surface area contributed by atoms with Gasteiger partial charge in [0.25, 0.3) is 0 Å². The number of rotatable bonds is 7. The highest BCUT2D eigenvalue weighted by Crippen LogP contribution is 2.26. The molecule has 0 fully saturated rings. The maximum absolute atomic E-state index is 11.8. The van der Waals surface area contributed by atoms with Crippen LogP contribution in [-0.2, 0) is 9.53 Å². The minimum absolute atomic E-state index is 0.366. The second-order valence-corrected chi connectivity index (χ2v) is 6.78. The van der Waals surface area contributed by atoms with Gasteiger partial charge >= 0.3 is 5.97 Å². The molecule has 1 unspecified atom stereocenters. The largest absolute Gasteiger partial charge is 0.479 e. The van der Waals surface area contributed by atoms with Crippen LogP contribution in [0.5, 0.6) is 5.75 Å². The Balaban J connectivity index is 1.70. The van der Waals surface area contributed by atoms with Gasteiger partial charge in [0.1, 0.15) is 5.75 Å². The highest BCUT2D eigenvalue weighted by atomic mass is 35.5. The standard InChI is InChI=1S/C21H22ClN3O3/c1-4-11-27-21(26)14(2)28-17-8-6-16(7-9-17)25(3)20-13-23-19-12-15(22)5-10-18(19)24-20/h5-10,12-14H,4,11H2,1-3H3. The molecular formula is C21H22ClN3O3. The molecule has 1 aromatic heterocycles. The van der Waals surface area contributed by atoms with Gasteiger partial charge in [-0.05, 0) is 55.8 Å². The van der Waals surface area contributed by atoms with Crippen molar-refractivity contribution in [2.75, 3.05) is 18.6 Å². The fourth-order valence-electron chi connectivity index (χ4n) is 2.59. The van der Waals surface area contributed by atoms with E-state index >= 15 is 0 Å². The average molecular weight is 400 g/mol. The topological polar surface area (TPSA) is 64.6 Å². The number of hydrogen-bond acceptors (Lipinski definition) is 6. The lowest BCUT2D eigenvalue weighted by Crippen LogP contribution is -2.26. The number of anilines is 2. The molecule has 0 spiro atoms. The van der Waals surface area contributed by atoms with E-state index < -0.39 is 6.10 Å². The fraction of sp³-hybridized carbons (Fsp3) is 0.286.